The Hall–Kier alpha value is -4.06. The molecule has 1 aliphatic heterocycles. The SMILES string of the molecule is COc1cccc(/C=C2/Oc3ccccc3N(CC(=O)NCc3ccc(C)cc3)C2=O)c1. The summed E-state index contributed by atoms with van der Waals surface area (Å²) in [5, 5.41) is 2.89. The number of carbonyl (C=O) groups is 2. The molecule has 0 saturated heterocycles. The highest BCUT2D eigenvalue weighted by Gasteiger charge is 2.31. The zero-order chi connectivity index (χ0) is 22.5. The Bertz CT molecular complexity index is 1170. The molecule has 0 fully saturated rings. The van der Waals surface area contributed by atoms with E-state index in [2.05, 4.69) is 5.32 Å². The highest BCUT2D eigenvalue weighted by Crippen LogP contribution is 2.35. The van der Waals surface area contributed by atoms with Crippen molar-refractivity contribution in [1.82, 2.24) is 5.32 Å². The Kier molecular flexibility index (Phi) is 6.22. The van der Waals surface area contributed by atoms with Gasteiger partial charge in [0.1, 0.15) is 12.3 Å². The van der Waals surface area contributed by atoms with Crippen molar-refractivity contribution in [3.05, 3.63) is 95.2 Å². The molecule has 1 N–H and O–H groups in total. The normalized spacial score (nSPS) is 14.0. The molecule has 32 heavy (non-hydrogen) atoms. The minimum absolute atomic E-state index is 0.111. The number of rotatable bonds is 6. The first kappa shape index (κ1) is 21.2. The van der Waals surface area contributed by atoms with Crippen LogP contribution in [0.1, 0.15) is 16.7 Å². The first-order chi connectivity index (χ1) is 15.5. The van der Waals surface area contributed by atoms with E-state index in [0.29, 0.717) is 23.7 Å². The largest absolute Gasteiger partial charge is 0.497 e. The van der Waals surface area contributed by atoms with Gasteiger partial charge in [-0.25, -0.2) is 0 Å². The van der Waals surface area contributed by atoms with E-state index < -0.39 is 0 Å². The molecule has 0 aliphatic carbocycles. The lowest BCUT2D eigenvalue weighted by molar-refractivity contribution is -0.123. The first-order valence-corrected chi connectivity index (χ1v) is 10.3. The third-order valence-electron chi connectivity index (χ3n) is 5.14. The number of ether oxygens (including phenoxy) is 2. The summed E-state index contributed by atoms with van der Waals surface area (Å²) in [6, 6.07) is 22.4. The predicted molar refractivity (Wildman–Crippen MR) is 123 cm³/mol. The maximum absolute atomic E-state index is 13.2. The van der Waals surface area contributed by atoms with Crippen molar-refractivity contribution in [2.75, 3.05) is 18.6 Å². The van der Waals surface area contributed by atoms with Gasteiger partial charge in [0.05, 0.1) is 12.8 Å². The summed E-state index contributed by atoms with van der Waals surface area (Å²) in [6.07, 6.45) is 1.65. The highest BCUT2D eigenvalue weighted by molar-refractivity contribution is 6.12. The van der Waals surface area contributed by atoms with Crippen molar-refractivity contribution in [1.29, 1.82) is 0 Å². The van der Waals surface area contributed by atoms with Gasteiger partial charge in [-0.05, 0) is 48.4 Å². The van der Waals surface area contributed by atoms with Gasteiger partial charge in [0.2, 0.25) is 5.91 Å². The van der Waals surface area contributed by atoms with Crippen LogP contribution >= 0.6 is 0 Å². The summed E-state index contributed by atoms with van der Waals surface area (Å²) >= 11 is 0. The van der Waals surface area contributed by atoms with Crippen molar-refractivity contribution in [3.63, 3.8) is 0 Å². The number of hydrogen-bond acceptors (Lipinski definition) is 4. The molecule has 162 valence electrons. The van der Waals surface area contributed by atoms with E-state index >= 15 is 0 Å². The molecule has 0 atom stereocenters. The lowest BCUT2D eigenvalue weighted by Gasteiger charge is -2.30. The molecule has 1 heterocycles. The smallest absolute Gasteiger partial charge is 0.294 e. The minimum Gasteiger partial charge on any atom is -0.497 e. The van der Waals surface area contributed by atoms with Crippen LogP contribution in [0.2, 0.25) is 0 Å². The predicted octanol–water partition coefficient (Wildman–Crippen LogP) is 4.09. The summed E-state index contributed by atoms with van der Waals surface area (Å²) in [5.41, 5.74) is 3.48. The van der Waals surface area contributed by atoms with E-state index in [9.17, 15) is 9.59 Å². The summed E-state index contributed by atoms with van der Waals surface area (Å²) in [5.74, 6) is 0.708. The topological polar surface area (TPSA) is 67.9 Å². The fourth-order valence-corrected chi connectivity index (χ4v) is 3.41. The molecule has 0 spiro atoms. The third-order valence-corrected chi connectivity index (χ3v) is 5.14. The van der Waals surface area contributed by atoms with Crippen LogP contribution in [-0.4, -0.2) is 25.5 Å². The molecule has 0 aromatic heterocycles. The first-order valence-electron chi connectivity index (χ1n) is 10.3. The van der Waals surface area contributed by atoms with Gasteiger partial charge in [-0.15, -0.1) is 0 Å². The van der Waals surface area contributed by atoms with Crippen LogP contribution in [0.15, 0.2) is 78.6 Å². The summed E-state index contributed by atoms with van der Waals surface area (Å²) in [7, 11) is 1.59. The molecule has 6 heteroatoms. The highest BCUT2D eigenvalue weighted by atomic mass is 16.5. The zero-order valence-electron chi connectivity index (χ0n) is 18.0. The number of aryl methyl sites for hydroxylation is 1. The minimum atomic E-state index is -0.378. The van der Waals surface area contributed by atoms with Gasteiger partial charge in [0.25, 0.3) is 5.91 Å². The van der Waals surface area contributed by atoms with Crippen molar-refractivity contribution >= 4 is 23.6 Å². The standard InChI is InChI=1S/C26H24N2O4/c1-18-10-12-19(13-11-18)16-27-25(29)17-28-22-8-3-4-9-23(22)32-24(26(28)30)15-20-6-5-7-21(14-20)31-2/h3-15H,16-17H2,1-2H3,(H,27,29)/b24-15+. The Morgan fingerprint density at radius 3 is 2.62 bits per heavy atom. The van der Waals surface area contributed by atoms with E-state index in [1.165, 1.54) is 4.90 Å². The van der Waals surface area contributed by atoms with E-state index in [4.69, 9.17) is 9.47 Å². The van der Waals surface area contributed by atoms with Crippen LogP contribution < -0.4 is 19.7 Å². The maximum Gasteiger partial charge on any atom is 0.294 e. The van der Waals surface area contributed by atoms with Gasteiger partial charge in [-0.3, -0.25) is 14.5 Å². The monoisotopic (exact) mass is 428 g/mol. The summed E-state index contributed by atoms with van der Waals surface area (Å²) in [4.78, 5) is 27.3. The average Bonchev–Trinajstić information content (AvgIpc) is 2.81. The van der Waals surface area contributed by atoms with Gasteiger partial charge in [-0.1, -0.05) is 54.1 Å². The molecule has 3 aromatic rings. The maximum atomic E-state index is 13.2. The second-order valence-electron chi connectivity index (χ2n) is 7.51. The number of nitrogens with one attached hydrogen (secondary N) is 1. The second kappa shape index (κ2) is 9.39. The van der Waals surface area contributed by atoms with Crippen LogP contribution in [0.3, 0.4) is 0 Å². The Balaban J connectivity index is 1.54. The molecule has 0 unspecified atom stereocenters. The quantitative estimate of drug-likeness (QED) is 0.601. The van der Waals surface area contributed by atoms with Crippen LogP contribution in [0.25, 0.3) is 6.08 Å². The van der Waals surface area contributed by atoms with Gasteiger partial charge in [-0.2, -0.15) is 0 Å². The summed E-state index contributed by atoms with van der Waals surface area (Å²) in [6.45, 7) is 2.30. The molecule has 1 aliphatic rings. The lowest BCUT2D eigenvalue weighted by atomic mass is 10.1. The summed E-state index contributed by atoms with van der Waals surface area (Å²) < 4.78 is 11.1. The van der Waals surface area contributed by atoms with Crippen LogP contribution in [0.4, 0.5) is 5.69 Å². The molecule has 0 bridgehead atoms. The molecule has 0 saturated carbocycles. The van der Waals surface area contributed by atoms with E-state index in [1.54, 1.807) is 25.3 Å². The lowest BCUT2D eigenvalue weighted by Crippen LogP contribution is -2.44. The third kappa shape index (κ3) is 4.81. The van der Waals surface area contributed by atoms with Gasteiger partial charge < -0.3 is 14.8 Å². The fourth-order valence-electron chi connectivity index (χ4n) is 3.41. The van der Waals surface area contributed by atoms with E-state index in [1.807, 2.05) is 67.6 Å². The number of amides is 2. The van der Waals surface area contributed by atoms with Gasteiger partial charge >= 0.3 is 0 Å². The Morgan fingerprint density at radius 2 is 1.84 bits per heavy atom. The molecule has 0 radical (unpaired) electrons. The van der Waals surface area contributed by atoms with Crippen molar-refractivity contribution in [3.8, 4) is 11.5 Å². The number of fused-ring (bicyclic) bond motifs is 1. The van der Waals surface area contributed by atoms with Crippen molar-refractivity contribution in [2.45, 2.75) is 13.5 Å². The molecule has 6 nitrogen and oxygen atoms in total. The van der Waals surface area contributed by atoms with Crippen molar-refractivity contribution in [2.24, 2.45) is 0 Å². The number of nitrogens with zero attached hydrogens (tertiary/aromatic N) is 1. The molecular formula is C26H24N2O4. The number of methoxy groups -OCH3 is 1. The number of carbonyl (C=O) groups excluding carboxylic acids is 2. The van der Waals surface area contributed by atoms with Gasteiger partial charge in [0, 0.05) is 6.54 Å². The second-order valence-corrected chi connectivity index (χ2v) is 7.51. The number of hydrogen-bond donors (Lipinski definition) is 1. The van der Waals surface area contributed by atoms with E-state index in [-0.39, 0.29) is 24.1 Å². The average molecular weight is 428 g/mol. The van der Waals surface area contributed by atoms with E-state index in [0.717, 1.165) is 16.7 Å². The molecule has 4 rings (SSSR count). The van der Waals surface area contributed by atoms with Crippen LogP contribution in [0.5, 0.6) is 11.5 Å². The Morgan fingerprint density at radius 1 is 1.06 bits per heavy atom. The molecule has 2 amide bonds. The molecule has 3 aromatic carbocycles. The Labute approximate surface area is 187 Å². The van der Waals surface area contributed by atoms with Crippen LogP contribution in [-0.2, 0) is 16.1 Å². The number of benzene rings is 3. The van der Waals surface area contributed by atoms with Crippen LogP contribution in [0, 0.1) is 6.92 Å². The van der Waals surface area contributed by atoms with Crippen molar-refractivity contribution < 1.29 is 19.1 Å². The fraction of sp³-hybridized carbons (Fsp3) is 0.154. The number of para-hydroxylation sites is 2. The number of anilines is 1. The zero-order valence-corrected chi connectivity index (χ0v) is 18.0. The van der Waals surface area contributed by atoms with Gasteiger partial charge in [0.15, 0.2) is 11.5 Å². The molecular weight excluding hydrogens is 404 g/mol.